The highest BCUT2D eigenvalue weighted by Gasteiger charge is 2.27. The lowest BCUT2D eigenvalue weighted by atomic mass is 10.1. The standard InChI is InChI=1S/C24H31ClN2O2S/c1-4-22(24(29)26-5-2)27(17-19-9-6-8-18(3)16-19)23(28)10-7-15-30-21-13-11-20(25)12-14-21/h6,8-9,11-14,16,22H,4-5,7,10,15,17H2,1-3H3,(H,26,29)/t22-/m0/s1. The molecule has 0 unspecified atom stereocenters. The number of thioether (sulfide) groups is 1. The molecule has 4 nitrogen and oxygen atoms in total. The van der Waals surface area contributed by atoms with Crippen LogP contribution in [0.4, 0.5) is 0 Å². The molecule has 6 heteroatoms. The molecule has 1 N–H and O–H groups in total. The lowest BCUT2D eigenvalue weighted by Gasteiger charge is -2.30. The number of hydrogen-bond donors (Lipinski definition) is 1. The highest BCUT2D eigenvalue weighted by molar-refractivity contribution is 7.99. The van der Waals surface area contributed by atoms with E-state index in [9.17, 15) is 9.59 Å². The first kappa shape index (κ1) is 24.3. The normalized spacial score (nSPS) is 11.7. The molecule has 0 radical (unpaired) electrons. The van der Waals surface area contributed by atoms with E-state index in [2.05, 4.69) is 11.4 Å². The fraction of sp³-hybridized carbons (Fsp3) is 0.417. The van der Waals surface area contributed by atoms with Gasteiger partial charge in [0.25, 0.3) is 0 Å². The van der Waals surface area contributed by atoms with Crippen molar-refractivity contribution in [1.29, 1.82) is 0 Å². The van der Waals surface area contributed by atoms with Crippen LogP contribution in [0.2, 0.25) is 5.02 Å². The van der Waals surface area contributed by atoms with Crippen molar-refractivity contribution in [1.82, 2.24) is 10.2 Å². The lowest BCUT2D eigenvalue weighted by Crippen LogP contribution is -2.49. The van der Waals surface area contributed by atoms with Crippen molar-refractivity contribution in [3.63, 3.8) is 0 Å². The number of nitrogens with zero attached hydrogens (tertiary/aromatic N) is 1. The molecule has 0 aliphatic rings. The van der Waals surface area contributed by atoms with Crippen LogP contribution in [0.25, 0.3) is 0 Å². The highest BCUT2D eigenvalue weighted by Crippen LogP contribution is 2.22. The van der Waals surface area contributed by atoms with E-state index in [-0.39, 0.29) is 11.8 Å². The maximum Gasteiger partial charge on any atom is 0.242 e. The molecule has 0 saturated carbocycles. The Labute approximate surface area is 189 Å². The first-order chi connectivity index (χ1) is 14.4. The second-order valence-electron chi connectivity index (χ2n) is 7.24. The molecule has 0 aliphatic carbocycles. The molecular formula is C24H31ClN2O2S. The molecule has 0 heterocycles. The average molecular weight is 447 g/mol. The Hall–Kier alpha value is -1.98. The van der Waals surface area contributed by atoms with Crippen molar-refractivity contribution in [2.24, 2.45) is 0 Å². The van der Waals surface area contributed by atoms with E-state index in [0.29, 0.717) is 25.9 Å². The summed E-state index contributed by atoms with van der Waals surface area (Å²) in [4.78, 5) is 28.6. The minimum Gasteiger partial charge on any atom is -0.355 e. The predicted octanol–water partition coefficient (Wildman–Crippen LogP) is 5.46. The number of nitrogens with one attached hydrogen (secondary N) is 1. The number of halogens is 1. The van der Waals surface area contributed by atoms with Crippen LogP contribution >= 0.6 is 23.4 Å². The van der Waals surface area contributed by atoms with Crippen molar-refractivity contribution in [2.75, 3.05) is 12.3 Å². The Morgan fingerprint density at radius 2 is 1.87 bits per heavy atom. The van der Waals surface area contributed by atoms with E-state index in [4.69, 9.17) is 11.6 Å². The number of benzene rings is 2. The Balaban J connectivity index is 2.02. The van der Waals surface area contributed by atoms with Gasteiger partial charge < -0.3 is 10.2 Å². The minimum atomic E-state index is -0.457. The number of rotatable bonds is 11. The van der Waals surface area contributed by atoms with E-state index in [1.54, 1.807) is 16.7 Å². The zero-order valence-electron chi connectivity index (χ0n) is 18.0. The average Bonchev–Trinajstić information content (AvgIpc) is 2.72. The predicted molar refractivity (Wildman–Crippen MR) is 126 cm³/mol. The molecule has 0 fully saturated rings. The molecule has 2 rings (SSSR count). The summed E-state index contributed by atoms with van der Waals surface area (Å²) < 4.78 is 0. The van der Waals surface area contributed by atoms with E-state index in [0.717, 1.165) is 33.2 Å². The molecule has 0 saturated heterocycles. The summed E-state index contributed by atoms with van der Waals surface area (Å²) in [6.07, 6.45) is 1.76. The molecule has 1 atom stereocenters. The fourth-order valence-electron chi connectivity index (χ4n) is 3.31. The number of carbonyl (C=O) groups is 2. The van der Waals surface area contributed by atoms with Crippen LogP contribution in [0.15, 0.2) is 53.4 Å². The quantitative estimate of drug-likeness (QED) is 0.368. The van der Waals surface area contributed by atoms with Crippen LogP contribution in [-0.4, -0.2) is 35.1 Å². The first-order valence-electron chi connectivity index (χ1n) is 10.5. The molecule has 2 aromatic carbocycles. The zero-order valence-corrected chi connectivity index (χ0v) is 19.6. The molecule has 30 heavy (non-hydrogen) atoms. The molecule has 0 aliphatic heterocycles. The fourth-order valence-corrected chi connectivity index (χ4v) is 4.29. The second-order valence-corrected chi connectivity index (χ2v) is 8.84. The van der Waals surface area contributed by atoms with Crippen LogP contribution in [0.3, 0.4) is 0 Å². The molecule has 2 amide bonds. The van der Waals surface area contributed by atoms with Gasteiger partial charge in [0.15, 0.2) is 0 Å². The summed E-state index contributed by atoms with van der Waals surface area (Å²) >= 11 is 7.63. The van der Waals surface area contributed by atoms with Crippen molar-refractivity contribution in [3.8, 4) is 0 Å². The van der Waals surface area contributed by atoms with Crippen LogP contribution in [0.1, 0.15) is 44.2 Å². The zero-order chi connectivity index (χ0) is 21.9. The summed E-state index contributed by atoms with van der Waals surface area (Å²) in [5.41, 5.74) is 2.19. The Morgan fingerprint density at radius 1 is 1.13 bits per heavy atom. The van der Waals surface area contributed by atoms with Gasteiger partial charge in [-0.2, -0.15) is 0 Å². The Morgan fingerprint density at radius 3 is 2.50 bits per heavy atom. The molecule has 0 aromatic heterocycles. The van der Waals surface area contributed by atoms with Gasteiger partial charge in [-0.3, -0.25) is 9.59 Å². The SMILES string of the molecule is CCNC(=O)[C@H](CC)N(Cc1cccc(C)c1)C(=O)CCCSc1ccc(Cl)cc1. The van der Waals surface area contributed by atoms with Gasteiger partial charge >= 0.3 is 0 Å². The van der Waals surface area contributed by atoms with E-state index in [1.807, 2.05) is 63.2 Å². The molecule has 2 aromatic rings. The van der Waals surface area contributed by atoms with Gasteiger partial charge in [-0.05, 0) is 62.3 Å². The van der Waals surface area contributed by atoms with Crippen molar-refractivity contribution >= 4 is 35.2 Å². The second kappa shape index (κ2) is 12.7. The van der Waals surface area contributed by atoms with Gasteiger partial charge in [-0.1, -0.05) is 48.4 Å². The topological polar surface area (TPSA) is 49.4 Å². The van der Waals surface area contributed by atoms with Crippen LogP contribution < -0.4 is 5.32 Å². The van der Waals surface area contributed by atoms with Gasteiger partial charge in [0, 0.05) is 29.4 Å². The number of amides is 2. The summed E-state index contributed by atoms with van der Waals surface area (Å²) in [7, 11) is 0. The number of likely N-dealkylation sites (N-methyl/N-ethyl adjacent to an activating group) is 1. The van der Waals surface area contributed by atoms with E-state index >= 15 is 0 Å². The van der Waals surface area contributed by atoms with Crippen molar-refractivity contribution in [2.45, 2.75) is 57.5 Å². The van der Waals surface area contributed by atoms with Gasteiger partial charge in [-0.15, -0.1) is 11.8 Å². The van der Waals surface area contributed by atoms with E-state index < -0.39 is 6.04 Å². The van der Waals surface area contributed by atoms with Gasteiger partial charge in [0.05, 0.1) is 0 Å². The largest absolute Gasteiger partial charge is 0.355 e. The van der Waals surface area contributed by atoms with Crippen LogP contribution in [-0.2, 0) is 16.1 Å². The monoisotopic (exact) mass is 446 g/mol. The maximum atomic E-state index is 13.1. The number of carbonyl (C=O) groups excluding carboxylic acids is 2. The lowest BCUT2D eigenvalue weighted by molar-refractivity contribution is -0.141. The number of aryl methyl sites for hydroxylation is 1. The smallest absolute Gasteiger partial charge is 0.242 e. The van der Waals surface area contributed by atoms with Gasteiger partial charge in [0.1, 0.15) is 6.04 Å². The van der Waals surface area contributed by atoms with Crippen molar-refractivity contribution in [3.05, 3.63) is 64.7 Å². The molecular weight excluding hydrogens is 416 g/mol. The Kier molecular flexibility index (Phi) is 10.2. The highest BCUT2D eigenvalue weighted by atomic mass is 35.5. The third kappa shape index (κ3) is 7.69. The van der Waals surface area contributed by atoms with Gasteiger partial charge in [-0.25, -0.2) is 0 Å². The number of hydrogen-bond acceptors (Lipinski definition) is 3. The van der Waals surface area contributed by atoms with Crippen LogP contribution in [0.5, 0.6) is 0 Å². The first-order valence-corrected chi connectivity index (χ1v) is 11.8. The summed E-state index contributed by atoms with van der Waals surface area (Å²) in [6, 6.07) is 15.4. The van der Waals surface area contributed by atoms with Gasteiger partial charge in [0.2, 0.25) is 11.8 Å². The van der Waals surface area contributed by atoms with Crippen LogP contribution in [0, 0.1) is 6.92 Å². The maximum absolute atomic E-state index is 13.1. The molecule has 162 valence electrons. The molecule has 0 spiro atoms. The summed E-state index contributed by atoms with van der Waals surface area (Å²) in [5.74, 6) is 0.770. The third-order valence-corrected chi connectivity index (χ3v) is 6.14. The summed E-state index contributed by atoms with van der Waals surface area (Å²) in [5, 5.41) is 3.59. The third-order valence-electron chi connectivity index (χ3n) is 4.79. The minimum absolute atomic E-state index is 0.0197. The molecule has 0 bridgehead atoms. The van der Waals surface area contributed by atoms with Crippen molar-refractivity contribution < 1.29 is 9.59 Å². The van der Waals surface area contributed by atoms with E-state index in [1.165, 1.54) is 0 Å². The Bertz CT molecular complexity index is 826. The summed E-state index contributed by atoms with van der Waals surface area (Å²) in [6.45, 7) is 6.88.